The molecule has 25 heavy (non-hydrogen) atoms. The van der Waals surface area contributed by atoms with Crippen molar-refractivity contribution in [3.05, 3.63) is 71.4 Å². The molecule has 0 aliphatic rings. The Kier molecular flexibility index (Phi) is 4.51. The van der Waals surface area contributed by atoms with E-state index in [2.05, 4.69) is 20.6 Å². The van der Waals surface area contributed by atoms with Gasteiger partial charge >= 0.3 is 0 Å². The van der Waals surface area contributed by atoms with Crippen LogP contribution in [0.2, 0.25) is 0 Å². The Labute approximate surface area is 140 Å². The lowest BCUT2D eigenvalue weighted by molar-refractivity contribution is 0.509. The number of hydrogen-bond acceptors (Lipinski definition) is 4. The molecule has 0 fully saturated rings. The average molecular weight is 348 g/mol. The molecule has 2 N–H and O–H groups in total. The maximum atomic E-state index is 13.7. The first kappa shape index (κ1) is 16.7. The van der Waals surface area contributed by atoms with E-state index in [0.29, 0.717) is 5.69 Å². The number of nitrogens with zero attached hydrogens (tertiary/aromatic N) is 2. The van der Waals surface area contributed by atoms with Crippen LogP contribution in [-0.2, 0) is 0 Å². The smallest absolute Gasteiger partial charge is 0.229 e. The molecule has 0 atom stereocenters. The molecule has 0 bridgehead atoms. The van der Waals surface area contributed by atoms with Gasteiger partial charge in [0, 0.05) is 23.5 Å². The fourth-order valence-corrected chi connectivity index (χ4v) is 2.14. The fourth-order valence-electron chi connectivity index (χ4n) is 2.14. The van der Waals surface area contributed by atoms with Gasteiger partial charge in [0.1, 0.15) is 23.1 Å². The Morgan fingerprint density at radius 2 is 1.48 bits per heavy atom. The Hall–Kier alpha value is -3.16. The van der Waals surface area contributed by atoms with Crippen molar-refractivity contribution < 1.29 is 17.6 Å². The molecule has 0 aliphatic carbocycles. The van der Waals surface area contributed by atoms with E-state index in [4.69, 9.17) is 0 Å². The third-order valence-electron chi connectivity index (χ3n) is 3.25. The summed E-state index contributed by atoms with van der Waals surface area (Å²) in [4.78, 5) is 8.13. The third-order valence-corrected chi connectivity index (χ3v) is 3.25. The van der Waals surface area contributed by atoms with Gasteiger partial charge in [-0.2, -0.15) is 4.98 Å². The molecule has 0 radical (unpaired) electrons. The standard InChI is InChI=1S/C17H12F4N4/c1-9-7-15(23-10-5-6-11(18)14(21)8-10)24-17(22-9)25-16-12(19)3-2-4-13(16)20/h2-8H,1H3,(H2,22,23,24,25). The predicted octanol–water partition coefficient (Wildman–Crippen LogP) is 4.83. The molecule has 0 amide bonds. The van der Waals surface area contributed by atoms with Crippen molar-refractivity contribution in [3.63, 3.8) is 0 Å². The van der Waals surface area contributed by atoms with Crippen LogP contribution >= 0.6 is 0 Å². The highest BCUT2D eigenvalue weighted by atomic mass is 19.2. The monoisotopic (exact) mass is 348 g/mol. The third kappa shape index (κ3) is 3.85. The van der Waals surface area contributed by atoms with Crippen molar-refractivity contribution in [3.8, 4) is 0 Å². The molecule has 3 rings (SSSR count). The van der Waals surface area contributed by atoms with Gasteiger partial charge in [-0.15, -0.1) is 0 Å². The molecule has 2 aromatic carbocycles. The van der Waals surface area contributed by atoms with Crippen LogP contribution in [0.4, 0.5) is 40.7 Å². The van der Waals surface area contributed by atoms with Crippen molar-refractivity contribution >= 4 is 23.1 Å². The maximum Gasteiger partial charge on any atom is 0.229 e. The lowest BCUT2D eigenvalue weighted by Crippen LogP contribution is -2.05. The van der Waals surface area contributed by atoms with Crippen LogP contribution < -0.4 is 10.6 Å². The zero-order valence-corrected chi connectivity index (χ0v) is 12.9. The first-order chi connectivity index (χ1) is 11.9. The molecule has 0 spiro atoms. The highest BCUT2D eigenvalue weighted by Gasteiger charge is 2.11. The Morgan fingerprint density at radius 3 is 2.16 bits per heavy atom. The lowest BCUT2D eigenvalue weighted by Gasteiger charge is -2.11. The van der Waals surface area contributed by atoms with E-state index in [1.807, 2.05) is 0 Å². The van der Waals surface area contributed by atoms with Gasteiger partial charge in [0.2, 0.25) is 5.95 Å². The van der Waals surface area contributed by atoms with Crippen LogP contribution in [0.1, 0.15) is 5.69 Å². The second-order valence-corrected chi connectivity index (χ2v) is 5.19. The minimum absolute atomic E-state index is 0.0471. The molecule has 1 heterocycles. The lowest BCUT2D eigenvalue weighted by atomic mass is 10.3. The van der Waals surface area contributed by atoms with Crippen molar-refractivity contribution in [2.75, 3.05) is 10.6 Å². The number of halogens is 4. The molecule has 0 saturated carbocycles. The molecule has 8 heteroatoms. The van der Waals surface area contributed by atoms with Crippen LogP contribution in [0.5, 0.6) is 0 Å². The highest BCUT2D eigenvalue weighted by molar-refractivity contribution is 5.60. The fraction of sp³-hybridized carbons (Fsp3) is 0.0588. The molecule has 1 aromatic heterocycles. The molecule has 128 valence electrons. The topological polar surface area (TPSA) is 49.8 Å². The zero-order chi connectivity index (χ0) is 18.0. The maximum absolute atomic E-state index is 13.7. The van der Waals surface area contributed by atoms with E-state index in [-0.39, 0.29) is 23.1 Å². The number of hydrogen-bond donors (Lipinski definition) is 2. The van der Waals surface area contributed by atoms with E-state index in [0.717, 1.165) is 24.3 Å². The minimum Gasteiger partial charge on any atom is -0.340 e. The van der Waals surface area contributed by atoms with E-state index in [9.17, 15) is 17.6 Å². The molecular weight excluding hydrogens is 336 g/mol. The van der Waals surface area contributed by atoms with E-state index in [1.54, 1.807) is 13.0 Å². The van der Waals surface area contributed by atoms with Gasteiger partial charge in [0.15, 0.2) is 11.6 Å². The number of nitrogens with one attached hydrogen (secondary N) is 2. The number of para-hydroxylation sites is 1. The Morgan fingerprint density at radius 1 is 0.760 bits per heavy atom. The second kappa shape index (κ2) is 6.76. The van der Waals surface area contributed by atoms with Gasteiger partial charge < -0.3 is 10.6 Å². The van der Waals surface area contributed by atoms with Crippen LogP contribution in [0.25, 0.3) is 0 Å². The first-order valence-electron chi connectivity index (χ1n) is 7.21. The summed E-state index contributed by atoms with van der Waals surface area (Å²) >= 11 is 0. The van der Waals surface area contributed by atoms with Gasteiger partial charge in [0.05, 0.1) is 0 Å². The van der Waals surface area contributed by atoms with E-state index in [1.165, 1.54) is 12.1 Å². The van der Waals surface area contributed by atoms with E-state index < -0.39 is 23.3 Å². The molecular formula is C17H12F4N4. The SMILES string of the molecule is Cc1cc(Nc2ccc(F)c(F)c2)nc(Nc2c(F)cccc2F)n1. The van der Waals surface area contributed by atoms with Gasteiger partial charge in [-0.05, 0) is 31.2 Å². The molecule has 0 aliphatic heterocycles. The van der Waals surface area contributed by atoms with Gasteiger partial charge in [-0.3, -0.25) is 0 Å². The van der Waals surface area contributed by atoms with E-state index >= 15 is 0 Å². The summed E-state index contributed by atoms with van der Waals surface area (Å²) in [5, 5.41) is 5.26. The van der Waals surface area contributed by atoms with Crippen molar-refractivity contribution in [2.24, 2.45) is 0 Å². The summed E-state index contributed by atoms with van der Waals surface area (Å²) in [6.07, 6.45) is 0. The minimum atomic E-state index is -1.01. The van der Waals surface area contributed by atoms with Crippen LogP contribution in [0, 0.1) is 30.2 Å². The first-order valence-corrected chi connectivity index (χ1v) is 7.21. The molecule has 0 saturated heterocycles. The predicted molar refractivity (Wildman–Crippen MR) is 86.1 cm³/mol. The summed E-state index contributed by atoms with van der Waals surface area (Å²) < 4.78 is 53.7. The van der Waals surface area contributed by atoms with Crippen molar-refractivity contribution in [2.45, 2.75) is 6.92 Å². The van der Waals surface area contributed by atoms with Crippen molar-refractivity contribution in [1.82, 2.24) is 9.97 Å². The number of rotatable bonds is 4. The summed E-state index contributed by atoms with van der Waals surface area (Å²) in [5.41, 5.74) is 0.381. The Balaban J connectivity index is 1.89. The number of benzene rings is 2. The van der Waals surface area contributed by atoms with Gasteiger partial charge in [-0.1, -0.05) is 6.07 Å². The second-order valence-electron chi connectivity index (χ2n) is 5.19. The average Bonchev–Trinajstić information content (AvgIpc) is 2.54. The summed E-state index contributed by atoms with van der Waals surface area (Å²) in [6, 6.07) is 8.26. The molecule has 4 nitrogen and oxygen atoms in total. The normalized spacial score (nSPS) is 10.6. The Bertz CT molecular complexity index is 910. The number of aryl methyl sites for hydroxylation is 1. The summed E-state index contributed by atoms with van der Waals surface area (Å²) in [7, 11) is 0. The highest BCUT2D eigenvalue weighted by Crippen LogP contribution is 2.23. The quantitative estimate of drug-likeness (QED) is 0.663. The largest absolute Gasteiger partial charge is 0.340 e. The zero-order valence-electron chi connectivity index (χ0n) is 12.9. The summed E-state index contributed by atoms with van der Waals surface area (Å²) in [5.74, 6) is -3.36. The van der Waals surface area contributed by atoms with Gasteiger partial charge in [-0.25, -0.2) is 22.5 Å². The van der Waals surface area contributed by atoms with Gasteiger partial charge in [0.25, 0.3) is 0 Å². The summed E-state index contributed by atoms with van der Waals surface area (Å²) in [6.45, 7) is 1.65. The molecule has 3 aromatic rings. The number of anilines is 4. The van der Waals surface area contributed by atoms with Crippen LogP contribution in [0.3, 0.4) is 0 Å². The van der Waals surface area contributed by atoms with Crippen LogP contribution in [-0.4, -0.2) is 9.97 Å². The molecule has 0 unspecified atom stereocenters. The number of aromatic nitrogens is 2. The van der Waals surface area contributed by atoms with Crippen molar-refractivity contribution in [1.29, 1.82) is 0 Å². The van der Waals surface area contributed by atoms with Crippen LogP contribution in [0.15, 0.2) is 42.5 Å².